The summed E-state index contributed by atoms with van der Waals surface area (Å²) in [6.45, 7) is 4.87. The zero-order chi connectivity index (χ0) is 18.9. The van der Waals surface area contributed by atoms with Gasteiger partial charge >= 0.3 is 0 Å². The predicted molar refractivity (Wildman–Crippen MR) is 104 cm³/mol. The van der Waals surface area contributed by atoms with Crippen molar-refractivity contribution in [2.75, 3.05) is 36.5 Å². The minimum absolute atomic E-state index is 0.208. The minimum Gasteiger partial charge on any atom is -0.370 e. The Hall–Kier alpha value is -2.15. The number of pyridine rings is 1. The lowest BCUT2D eigenvalue weighted by Gasteiger charge is -2.38. The summed E-state index contributed by atoms with van der Waals surface area (Å²) in [5.74, 6) is -0.621. The summed E-state index contributed by atoms with van der Waals surface area (Å²) in [5, 5.41) is 3.50. The van der Waals surface area contributed by atoms with E-state index in [1.165, 1.54) is 0 Å². The summed E-state index contributed by atoms with van der Waals surface area (Å²) in [6.07, 6.45) is 4.98. The predicted octanol–water partition coefficient (Wildman–Crippen LogP) is 3.64. The molecule has 0 unspecified atom stereocenters. The van der Waals surface area contributed by atoms with Gasteiger partial charge in [-0.2, -0.15) is 0 Å². The number of anilines is 2. The van der Waals surface area contributed by atoms with Gasteiger partial charge in [0, 0.05) is 42.8 Å². The van der Waals surface area contributed by atoms with Crippen LogP contribution in [-0.4, -0.2) is 43.0 Å². The summed E-state index contributed by atoms with van der Waals surface area (Å²) >= 11 is 6.13. The Bertz CT molecular complexity index is 842. The molecule has 2 aliphatic rings. The number of rotatable bonds is 3. The fraction of sp³-hybridized carbons (Fsp3) is 0.400. The smallest absolute Gasteiger partial charge is 0.257 e. The van der Waals surface area contributed by atoms with E-state index in [1.807, 2.05) is 25.1 Å². The number of hydrogen-bond acceptors (Lipinski definition) is 5. The van der Waals surface area contributed by atoms with Gasteiger partial charge in [-0.1, -0.05) is 17.7 Å². The number of carbonyl (C=O) groups excluding carboxylic acids is 1. The topological polar surface area (TPSA) is 63.7 Å². The average Bonchev–Trinajstić information content (AvgIpc) is 3.13. The number of aryl methyl sites for hydroxylation is 1. The van der Waals surface area contributed by atoms with E-state index in [9.17, 15) is 4.79 Å². The van der Waals surface area contributed by atoms with Crippen LogP contribution < -0.4 is 10.2 Å². The molecule has 4 rings (SSSR count). The number of amides is 1. The van der Waals surface area contributed by atoms with E-state index in [0.717, 1.165) is 37.2 Å². The van der Waals surface area contributed by atoms with Crippen molar-refractivity contribution in [2.24, 2.45) is 0 Å². The molecular formula is C20H22ClN3O3. The molecule has 2 aromatic rings. The minimum atomic E-state index is -0.413. The molecule has 7 heteroatoms. The van der Waals surface area contributed by atoms with Gasteiger partial charge < -0.3 is 19.7 Å². The molecule has 1 aromatic heterocycles. The highest BCUT2D eigenvalue weighted by Crippen LogP contribution is 2.33. The van der Waals surface area contributed by atoms with Crippen LogP contribution >= 0.6 is 11.6 Å². The molecule has 0 aliphatic carbocycles. The average molecular weight is 388 g/mol. The third-order valence-corrected chi connectivity index (χ3v) is 5.53. The maximum Gasteiger partial charge on any atom is 0.257 e. The number of piperidine rings is 1. The number of ether oxygens (including phenoxy) is 2. The highest BCUT2D eigenvalue weighted by Gasteiger charge is 2.39. The number of hydrogen-bond donors (Lipinski definition) is 1. The first-order valence-corrected chi connectivity index (χ1v) is 9.48. The zero-order valence-electron chi connectivity index (χ0n) is 15.2. The standard InChI is InChI=1S/C20H22ClN3O3/c1-14-2-3-16(11-18(14)21)23-19(25)15-10-17(13-22-12-15)24-6-4-20(5-7-24)26-8-9-27-20/h2-3,10-13H,4-9H2,1H3,(H,23,25). The van der Waals surface area contributed by atoms with Crippen LogP contribution in [0.5, 0.6) is 0 Å². The van der Waals surface area contributed by atoms with Crippen LogP contribution in [0, 0.1) is 6.92 Å². The second kappa shape index (κ2) is 7.46. The summed E-state index contributed by atoms with van der Waals surface area (Å²) in [4.78, 5) is 19.1. The van der Waals surface area contributed by atoms with Gasteiger partial charge in [0.25, 0.3) is 5.91 Å². The molecule has 1 amide bonds. The van der Waals surface area contributed by atoms with Gasteiger partial charge in [0.1, 0.15) is 0 Å². The van der Waals surface area contributed by atoms with Crippen LogP contribution in [0.4, 0.5) is 11.4 Å². The molecule has 0 bridgehead atoms. The van der Waals surface area contributed by atoms with Crippen molar-refractivity contribution in [2.45, 2.75) is 25.6 Å². The van der Waals surface area contributed by atoms with Crippen LogP contribution in [-0.2, 0) is 9.47 Å². The summed E-state index contributed by atoms with van der Waals surface area (Å²) in [5.41, 5.74) is 3.07. The molecule has 1 aromatic carbocycles. The third-order valence-electron chi connectivity index (χ3n) is 5.12. The van der Waals surface area contributed by atoms with Crippen molar-refractivity contribution in [1.82, 2.24) is 4.98 Å². The zero-order valence-corrected chi connectivity index (χ0v) is 16.0. The lowest BCUT2D eigenvalue weighted by Crippen LogP contribution is -2.45. The molecule has 2 aliphatic heterocycles. The SMILES string of the molecule is Cc1ccc(NC(=O)c2cncc(N3CCC4(CC3)OCCO4)c2)cc1Cl. The first-order chi connectivity index (χ1) is 13.0. The van der Waals surface area contributed by atoms with E-state index in [1.54, 1.807) is 18.5 Å². The summed E-state index contributed by atoms with van der Waals surface area (Å²) in [6, 6.07) is 7.33. The molecule has 6 nitrogen and oxygen atoms in total. The number of nitrogens with zero attached hydrogens (tertiary/aromatic N) is 2. The highest BCUT2D eigenvalue weighted by atomic mass is 35.5. The van der Waals surface area contributed by atoms with Crippen LogP contribution in [0.15, 0.2) is 36.7 Å². The second-order valence-corrected chi connectivity index (χ2v) is 7.35. The van der Waals surface area contributed by atoms with Gasteiger partial charge in [-0.25, -0.2) is 0 Å². The van der Waals surface area contributed by atoms with Crippen molar-refractivity contribution in [3.05, 3.63) is 52.8 Å². The third kappa shape index (κ3) is 3.93. The Kier molecular flexibility index (Phi) is 5.04. The van der Waals surface area contributed by atoms with Gasteiger partial charge in [0.2, 0.25) is 0 Å². The van der Waals surface area contributed by atoms with Gasteiger partial charge in [0.15, 0.2) is 5.79 Å². The maximum atomic E-state index is 12.6. The van der Waals surface area contributed by atoms with Crippen LogP contribution in [0.3, 0.4) is 0 Å². The van der Waals surface area contributed by atoms with Crippen molar-refractivity contribution in [3.63, 3.8) is 0 Å². The largest absolute Gasteiger partial charge is 0.370 e. The second-order valence-electron chi connectivity index (χ2n) is 6.94. The van der Waals surface area contributed by atoms with Crippen LogP contribution in [0.2, 0.25) is 5.02 Å². The Morgan fingerprint density at radius 1 is 1.19 bits per heavy atom. The normalized spacial score (nSPS) is 18.7. The van der Waals surface area contributed by atoms with E-state index in [4.69, 9.17) is 21.1 Å². The summed E-state index contributed by atoms with van der Waals surface area (Å²) in [7, 11) is 0. The van der Waals surface area contributed by atoms with Crippen molar-refractivity contribution in [1.29, 1.82) is 0 Å². The lowest BCUT2D eigenvalue weighted by molar-refractivity contribution is -0.169. The van der Waals surface area contributed by atoms with E-state index in [2.05, 4.69) is 15.2 Å². The maximum absolute atomic E-state index is 12.6. The molecule has 0 radical (unpaired) electrons. The fourth-order valence-electron chi connectivity index (χ4n) is 3.49. The van der Waals surface area contributed by atoms with Crippen molar-refractivity contribution >= 4 is 28.9 Å². The van der Waals surface area contributed by atoms with Gasteiger partial charge in [-0.15, -0.1) is 0 Å². The van der Waals surface area contributed by atoms with E-state index >= 15 is 0 Å². The summed E-state index contributed by atoms with van der Waals surface area (Å²) < 4.78 is 11.5. The molecule has 2 saturated heterocycles. The fourth-order valence-corrected chi connectivity index (χ4v) is 3.67. The monoisotopic (exact) mass is 387 g/mol. The van der Waals surface area contributed by atoms with E-state index in [0.29, 0.717) is 29.5 Å². The Morgan fingerprint density at radius 3 is 2.63 bits per heavy atom. The number of halogens is 1. The van der Waals surface area contributed by atoms with Crippen molar-refractivity contribution < 1.29 is 14.3 Å². The number of aromatic nitrogens is 1. The molecule has 1 N–H and O–H groups in total. The number of carbonyl (C=O) groups is 1. The molecule has 3 heterocycles. The molecule has 0 saturated carbocycles. The van der Waals surface area contributed by atoms with Gasteiger partial charge in [-0.3, -0.25) is 9.78 Å². The van der Waals surface area contributed by atoms with Crippen molar-refractivity contribution in [3.8, 4) is 0 Å². The molecule has 27 heavy (non-hydrogen) atoms. The molecule has 2 fully saturated rings. The van der Waals surface area contributed by atoms with Gasteiger partial charge in [0.05, 0.1) is 30.7 Å². The lowest BCUT2D eigenvalue weighted by atomic mass is 10.0. The molecular weight excluding hydrogens is 366 g/mol. The number of benzene rings is 1. The Balaban J connectivity index is 1.44. The number of nitrogens with one attached hydrogen (secondary N) is 1. The van der Waals surface area contributed by atoms with Gasteiger partial charge in [-0.05, 0) is 30.7 Å². The molecule has 142 valence electrons. The van der Waals surface area contributed by atoms with Crippen LogP contribution in [0.25, 0.3) is 0 Å². The quantitative estimate of drug-likeness (QED) is 0.871. The Labute approximate surface area is 163 Å². The molecule has 1 spiro atoms. The first kappa shape index (κ1) is 18.2. The Morgan fingerprint density at radius 2 is 1.93 bits per heavy atom. The first-order valence-electron chi connectivity index (χ1n) is 9.10. The van der Waals surface area contributed by atoms with Crippen LogP contribution in [0.1, 0.15) is 28.8 Å². The molecule has 0 atom stereocenters. The van der Waals surface area contributed by atoms with E-state index in [-0.39, 0.29) is 5.91 Å². The van der Waals surface area contributed by atoms with E-state index < -0.39 is 5.79 Å². The highest BCUT2D eigenvalue weighted by molar-refractivity contribution is 6.31.